The van der Waals surface area contributed by atoms with Crippen molar-refractivity contribution in [3.05, 3.63) is 16.1 Å². The zero-order valence-corrected chi connectivity index (χ0v) is 11.4. The largest absolute Gasteiger partial charge is 0.479 e. The van der Waals surface area contributed by atoms with Crippen molar-refractivity contribution in [3.63, 3.8) is 0 Å². The molecule has 1 unspecified atom stereocenters. The Morgan fingerprint density at radius 3 is 3.11 bits per heavy atom. The summed E-state index contributed by atoms with van der Waals surface area (Å²) in [7, 11) is 0. The summed E-state index contributed by atoms with van der Waals surface area (Å²) in [5.74, 6) is -0.443. The molecule has 100 valence electrons. The molecule has 1 aliphatic rings. The molecule has 0 radical (unpaired) electrons. The second-order valence-electron chi connectivity index (χ2n) is 4.76. The van der Waals surface area contributed by atoms with E-state index in [2.05, 4.69) is 29.1 Å². The molecular weight excluding hydrogens is 252 g/mol. The number of aromatic nitrogens is 1. The van der Waals surface area contributed by atoms with E-state index < -0.39 is 12.1 Å². The van der Waals surface area contributed by atoms with E-state index in [9.17, 15) is 4.79 Å². The fraction of sp³-hybridized carbons (Fsp3) is 0.667. The van der Waals surface area contributed by atoms with Crippen LogP contribution in [0.15, 0.2) is 5.38 Å². The summed E-state index contributed by atoms with van der Waals surface area (Å²) < 4.78 is 5.19. The molecule has 0 amide bonds. The van der Waals surface area contributed by atoms with Gasteiger partial charge >= 0.3 is 5.97 Å². The standard InChI is InChI=1S/C12H18N2O3S/c1-8(2)11-13-9(7-18-11)5-14-3-4-17-10(6-14)12(15)16/h7-8,10H,3-6H2,1-2H3,(H,15,16). The van der Waals surface area contributed by atoms with Crippen molar-refractivity contribution in [2.45, 2.75) is 32.4 Å². The van der Waals surface area contributed by atoms with Gasteiger partial charge in [0.15, 0.2) is 6.10 Å². The van der Waals surface area contributed by atoms with Crippen LogP contribution in [-0.4, -0.2) is 46.8 Å². The molecule has 6 heteroatoms. The van der Waals surface area contributed by atoms with E-state index >= 15 is 0 Å². The molecular formula is C12H18N2O3S. The minimum atomic E-state index is -0.888. The summed E-state index contributed by atoms with van der Waals surface area (Å²) in [4.78, 5) is 17.5. The first-order valence-electron chi connectivity index (χ1n) is 6.07. The third-order valence-corrected chi connectivity index (χ3v) is 4.07. The number of hydrogen-bond acceptors (Lipinski definition) is 5. The van der Waals surface area contributed by atoms with Gasteiger partial charge in [0.2, 0.25) is 0 Å². The zero-order valence-electron chi connectivity index (χ0n) is 10.6. The van der Waals surface area contributed by atoms with Gasteiger partial charge in [-0.15, -0.1) is 11.3 Å². The summed E-state index contributed by atoms with van der Waals surface area (Å²) in [6.07, 6.45) is -0.707. The highest BCUT2D eigenvalue weighted by atomic mass is 32.1. The smallest absolute Gasteiger partial charge is 0.334 e. The molecule has 1 N–H and O–H groups in total. The lowest BCUT2D eigenvalue weighted by Gasteiger charge is -2.30. The van der Waals surface area contributed by atoms with Crippen LogP contribution in [0.1, 0.15) is 30.5 Å². The third kappa shape index (κ3) is 3.28. The maximum Gasteiger partial charge on any atom is 0.334 e. The summed E-state index contributed by atoms with van der Waals surface area (Å²) in [6.45, 7) is 6.62. The average molecular weight is 270 g/mol. The predicted molar refractivity (Wildman–Crippen MR) is 68.9 cm³/mol. The van der Waals surface area contributed by atoms with Crippen molar-refractivity contribution in [2.75, 3.05) is 19.7 Å². The lowest BCUT2D eigenvalue weighted by Crippen LogP contribution is -2.45. The van der Waals surface area contributed by atoms with Crippen LogP contribution in [0.3, 0.4) is 0 Å². The summed E-state index contributed by atoms with van der Waals surface area (Å²) in [5.41, 5.74) is 1.02. The van der Waals surface area contributed by atoms with E-state index in [1.807, 2.05) is 0 Å². The number of aliphatic carboxylic acids is 1. The second kappa shape index (κ2) is 5.77. The maximum absolute atomic E-state index is 10.9. The Bertz CT molecular complexity index is 419. The number of ether oxygens (including phenoxy) is 1. The molecule has 0 aliphatic carbocycles. The first-order chi connectivity index (χ1) is 8.56. The van der Waals surface area contributed by atoms with Gasteiger partial charge in [-0.2, -0.15) is 0 Å². The highest BCUT2D eigenvalue weighted by Gasteiger charge is 2.26. The minimum absolute atomic E-state index is 0.434. The number of carboxylic acids is 1. The fourth-order valence-electron chi connectivity index (χ4n) is 1.89. The van der Waals surface area contributed by atoms with E-state index in [0.717, 1.165) is 17.2 Å². The van der Waals surface area contributed by atoms with Crippen molar-refractivity contribution in [1.29, 1.82) is 0 Å². The minimum Gasteiger partial charge on any atom is -0.479 e. The molecule has 0 bridgehead atoms. The Labute approximate surface area is 110 Å². The maximum atomic E-state index is 10.9. The first kappa shape index (κ1) is 13.5. The molecule has 1 aromatic heterocycles. The number of rotatable bonds is 4. The van der Waals surface area contributed by atoms with Crippen molar-refractivity contribution in [3.8, 4) is 0 Å². The molecule has 1 aromatic rings. The third-order valence-electron chi connectivity index (χ3n) is 2.88. The highest BCUT2D eigenvalue weighted by Crippen LogP contribution is 2.20. The van der Waals surface area contributed by atoms with Gasteiger partial charge in [-0.1, -0.05) is 13.8 Å². The van der Waals surface area contributed by atoms with Crippen molar-refractivity contribution < 1.29 is 14.6 Å². The van der Waals surface area contributed by atoms with E-state index in [-0.39, 0.29) is 0 Å². The second-order valence-corrected chi connectivity index (χ2v) is 5.65. The number of morpholine rings is 1. The van der Waals surface area contributed by atoms with Crippen LogP contribution in [0.25, 0.3) is 0 Å². The van der Waals surface area contributed by atoms with Crippen LogP contribution in [0.4, 0.5) is 0 Å². The summed E-state index contributed by atoms with van der Waals surface area (Å²) >= 11 is 1.67. The summed E-state index contributed by atoms with van der Waals surface area (Å²) in [6, 6.07) is 0. The molecule has 0 aromatic carbocycles. The lowest BCUT2D eigenvalue weighted by molar-refractivity contribution is -0.156. The van der Waals surface area contributed by atoms with E-state index in [4.69, 9.17) is 9.84 Å². The van der Waals surface area contributed by atoms with Gasteiger partial charge in [-0.25, -0.2) is 9.78 Å². The molecule has 1 saturated heterocycles. The SMILES string of the molecule is CC(C)c1nc(CN2CCOC(C(=O)O)C2)cs1. The normalized spacial score (nSPS) is 21.4. The predicted octanol–water partition coefficient (Wildman–Crippen LogP) is 1.55. The Morgan fingerprint density at radius 2 is 2.50 bits per heavy atom. The van der Waals surface area contributed by atoms with Crippen LogP contribution in [0, 0.1) is 0 Å². The molecule has 1 fully saturated rings. The van der Waals surface area contributed by atoms with Gasteiger partial charge in [0.1, 0.15) is 0 Å². The Kier molecular flexibility index (Phi) is 4.31. The molecule has 2 rings (SSSR count). The van der Waals surface area contributed by atoms with Gasteiger partial charge in [-0.05, 0) is 0 Å². The van der Waals surface area contributed by atoms with Crippen LogP contribution in [0.5, 0.6) is 0 Å². The zero-order chi connectivity index (χ0) is 13.1. The number of nitrogens with zero attached hydrogens (tertiary/aromatic N) is 2. The van der Waals surface area contributed by atoms with Gasteiger partial charge in [0, 0.05) is 30.9 Å². The molecule has 1 aliphatic heterocycles. The van der Waals surface area contributed by atoms with Crippen molar-refractivity contribution in [1.82, 2.24) is 9.88 Å². The fourth-order valence-corrected chi connectivity index (χ4v) is 2.71. The highest BCUT2D eigenvalue weighted by molar-refractivity contribution is 7.09. The number of thiazole rings is 1. The summed E-state index contributed by atoms with van der Waals surface area (Å²) in [5, 5.41) is 12.1. The van der Waals surface area contributed by atoms with Gasteiger partial charge < -0.3 is 9.84 Å². The van der Waals surface area contributed by atoms with Crippen LogP contribution >= 0.6 is 11.3 Å². The lowest BCUT2D eigenvalue weighted by atomic mass is 10.2. The molecule has 1 atom stereocenters. The van der Waals surface area contributed by atoms with Gasteiger partial charge in [-0.3, -0.25) is 4.90 Å². The van der Waals surface area contributed by atoms with Crippen molar-refractivity contribution >= 4 is 17.3 Å². The molecule has 0 saturated carbocycles. The van der Waals surface area contributed by atoms with E-state index in [0.29, 0.717) is 25.6 Å². The van der Waals surface area contributed by atoms with Gasteiger partial charge in [0.05, 0.1) is 17.3 Å². The van der Waals surface area contributed by atoms with Crippen LogP contribution in [-0.2, 0) is 16.1 Å². The van der Waals surface area contributed by atoms with Gasteiger partial charge in [0.25, 0.3) is 0 Å². The number of hydrogen-bond donors (Lipinski definition) is 1. The molecule has 2 heterocycles. The monoisotopic (exact) mass is 270 g/mol. The molecule has 0 spiro atoms. The van der Waals surface area contributed by atoms with Crippen LogP contribution < -0.4 is 0 Å². The topological polar surface area (TPSA) is 62.7 Å². The number of carbonyl (C=O) groups is 1. The first-order valence-corrected chi connectivity index (χ1v) is 6.95. The Hall–Kier alpha value is -0.980. The van der Waals surface area contributed by atoms with E-state index in [1.165, 1.54) is 0 Å². The quantitative estimate of drug-likeness (QED) is 0.899. The Balaban J connectivity index is 1.94. The number of carboxylic acid groups (broad SMARTS) is 1. The van der Waals surface area contributed by atoms with Crippen LogP contribution in [0.2, 0.25) is 0 Å². The Morgan fingerprint density at radius 1 is 1.72 bits per heavy atom. The van der Waals surface area contributed by atoms with Crippen molar-refractivity contribution in [2.24, 2.45) is 0 Å². The van der Waals surface area contributed by atoms with E-state index in [1.54, 1.807) is 11.3 Å². The average Bonchev–Trinajstić information content (AvgIpc) is 2.78. The molecule has 5 nitrogen and oxygen atoms in total. The molecule has 18 heavy (non-hydrogen) atoms.